The molecule has 1 atom stereocenters. The Morgan fingerprint density at radius 1 is 1.18 bits per heavy atom. The van der Waals surface area contributed by atoms with Crippen molar-refractivity contribution >= 4 is 15.7 Å². The fourth-order valence-corrected chi connectivity index (χ4v) is 4.69. The van der Waals surface area contributed by atoms with Gasteiger partial charge in [0.1, 0.15) is 5.75 Å². The van der Waals surface area contributed by atoms with Crippen molar-refractivity contribution in [1.29, 1.82) is 0 Å². The van der Waals surface area contributed by atoms with E-state index >= 15 is 0 Å². The molecule has 0 amide bonds. The Kier molecular flexibility index (Phi) is 5.61. The number of nitro groups is 1. The lowest BCUT2D eigenvalue weighted by Gasteiger charge is -2.30. The third-order valence-corrected chi connectivity index (χ3v) is 6.36. The molecule has 0 N–H and O–H groups in total. The van der Waals surface area contributed by atoms with Gasteiger partial charge in [0.15, 0.2) is 11.6 Å². The van der Waals surface area contributed by atoms with Crippen LogP contribution in [0, 0.1) is 27.7 Å². The van der Waals surface area contributed by atoms with Gasteiger partial charge in [-0.2, -0.15) is 4.31 Å². The first-order valence-corrected chi connectivity index (χ1v) is 10.0. The predicted molar refractivity (Wildman–Crippen MR) is 96.7 cm³/mol. The second kappa shape index (κ2) is 7.80. The second-order valence-electron chi connectivity index (χ2n) is 6.68. The smallest absolute Gasteiger partial charge is 0.312 e. The van der Waals surface area contributed by atoms with Crippen molar-refractivity contribution in [2.24, 2.45) is 5.92 Å². The zero-order valence-corrected chi connectivity index (χ0v) is 15.8. The summed E-state index contributed by atoms with van der Waals surface area (Å²) in [5.74, 6) is -2.48. The molecule has 2 aromatic carbocycles. The van der Waals surface area contributed by atoms with Gasteiger partial charge in [-0.3, -0.25) is 10.1 Å². The maximum atomic E-state index is 13.3. The number of rotatable bonds is 5. The third-order valence-electron chi connectivity index (χ3n) is 4.50. The number of benzene rings is 2. The Hall–Kier alpha value is -2.59. The highest BCUT2D eigenvalue weighted by Gasteiger charge is 2.31. The zero-order valence-electron chi connectivity index (χ0n) is 15.0. The van der Waals surface area contributed by atoms with Crippen LogP contribution in [-0.4, -0.2) is 30.7 Å². The number of halogens is 2. The molecule has 1 heterocycles. The monoisotopic (exact) mass is 412 g/mol. The van der Waals surface area contributed by atoms with E-state index in [0.29, 0.717) is 13.1 Å². The number of hydrogen-bond acceptors (Lipinski definition) is 5. The maximum absolute atomic E-state index is 13.3. The van der Waals surface area contributed by atoms with E-state index < -0.39 is 32.3 Å². The predicted octanol–water partition coefficient (Wildman–Crippen LogP) is 4.09. The fraction of sp³-hybridized carbons (Fsp3) is 0.333. The van der Waals surface area contributed by atoms with Crippen LogP contribution < -0.4 is 4.74 Å². The summed E-state index contributed by atoms with van der Waals surface area (Å²) in [5, 5.41) is 11.4. The average molecular weight is 412 g/mol. The van der Waals surface area contributed by atoms with E-state index in [1.165, 1.54) is 10.4 Å². The Morgan fingerprint density at radius 2 is 1.93 bits per heavy atom. The molecule has 0 bridgehead atoms. The minimum Gasteiger partial charge on any atom is -0.450 e. The van der Waals surface area contributed by atoms with Crippen LogP contribution in [0.25, 0.3) is 0 Å². The highest BCUT2D eigenvalue weighted by atomic mass is 32.2. The molecule has 1 fully saturated rings. The largest absolute Gasteiger partial charge is 0.450 e. The van der Waals surface area contributed by atoms with Crippen LogP contribution in [0.1, 0.15) is 19.8 Å². The topological polar surface area (TPSA) is 89.8 Å². The molecule has 0 saturated carbocycles. The van der Waals surface area contributed by atoms with Crippen molar-refractivity contribution in [1.82, 2.24) is 4.31 Å². The van der Waals surface area contributed by atoms with E-state index in [1.807, 2.05) is 6.92 Å². The summed E-state index contributed by atoms with van der Waals surface area (Å²) < 4.78 is 58.6. The van der Waals surface area contributed by atoms with E-state index in [0.717, 1.165) is 43.2 Å². The number of piperidine rings is 1. The van der Waals surface area contributed by atoms with Crippen molar-refractivity contribution in [2.75, 3.05) is 13.1 Å². The van der Waals surface area contributed by atoms with Crippen LogP contribution in [-0.2, 0) is 10.0 Å². The summed E-state index contributed by atoms with van der Waals surface area (Å²) in [6.07, 6.45) is 1.65. The van der Waals surface area contributed by atoms with Crippen LogP contribution >= 0.6 is 0 Å². The first-order chi connectivity index (χ1) is 13.2. The van der Waals surface area contributed by atoms with Crippen molar-refractivity contribution < 1.29 is 26.9 Å². The molecule has 2 aromatic rings. The summed E-state index contributed by atoms with van der Waals surface area (Å²) in [7, 11) is -3.89. The lowest BCUT2D eigenvalue weighted by atomic mass is 10.0. The molecule has 0 aliphatic carbocycles. The minimum atomic E-state index is -3.89. The summed E-state index contributed by atoms with van der Waals surface area (Å²) in [6.45, 7) is 2.65. The molecule has 1 aliphatic heterocycles. The highest BCUT2D eigenvalue weighted by Crippen LogP contribution is 2.35. The van der Waals surface area contributed by atoms with E-state index in [2.05, 4.69) is 0 Å². The molecule has 10 heteroatoms. The number of ether oxygens (including phenoxy) is 1. The molecule has 0 spiro atoms. The van der Waals surface area contributed by atoms with Gasteiger partial charge < -0.3 is 4.74 Å². The molecule has 7 nitrogen and oxygen atoms in total. The van der Waals surface area contributed by atoms with Gasteiger partial charge in [-0.25, -0.2) is 17.2 Å². The van der Waals surface area contributed by atoms with Gasteiger partial charge in [-0.05, 0) is 43.0 Å². The fourth-order valence-electron chi connectivity index (χ4n) is 3.07. The van der Waals surface area contributed by atoms with Gasteiger partial charge in [0, 0.05) is 25.2 Å². The van der Waals surface area contributed by atoms with Crippen molar-refractivity contribution in [3.63, 3.8) is 0 Å². The Labute approximate surface area is 160 Å². The first-order valence-electron chi connectivity index (χ1n) is 8.60. The molecule has 28 heavy (non-hydrogen) atoms. The van der Waals surface area contributed by atoms with Crippen molar-refractivity contribution in [3.05, 3.63) is 58.1 Å². The standard InChI is InChI=1S/C18H18F2N2O5S/c1-12-3-2-8-21(11-12)28(25,26)14-5-7-18(17(10-14)22(23)24)27-13-4-6-15(19)16(20)9-13/h4-7,9-10,12H,2-3,8,11H2,1H3/t12-/m1/s1. The normalized spacial score (nSPS) is 18.0. The summed E-state index contributed by atoms with van der Waals surface area (Å²) >= 11 is 0. The van der Waals surface area contributed by atoms with E-state index in [-0.39, 0.29) is 22.3 Å². The van der Waals surface area contributed by atoms with Gasteiger partial charge in [0.05, 0.1) is 9.82 Å². The third kappa shape index (κ3) is 4.12. The van der Waals surface area contributed by atoms with Crippen LogP contribution in [0.4, 0.5) is 14.5 Å². The molecule has 0 aromatic heterocycles. The Morgan fingerprint density at radius 3 is 2.57 bits per heavy atom. The lowest BCUT2D eigenvalue weighted by Crippen LogP contribution is -2.39. The minimum absolute atomic E-state index is 0.150. The highest BCUT2D eigenvalue weighted by molar-refractivity contribution is 7.89. The Bertz CT molecular complexity index is 1010. The number of nitro benzene ring substituents is 1. The summed E-state index contributed by atoms with van der Waals surface area (Å²) in [5.41, 5.74) is -0.587. The number of sulfonamides is 1. The van der Waals surface area contributed by atoms with Crippen LogP contribution in [0.5, 0.6) is 11.5 Å². The number of nitrogens with zero attached hydrogens (tertiary/aromatic N) is 2. The molecule has 3 rings (SSSR count). The molecule has 1 aliphatic rings. The molecular formula is C18H18F2N2O5S. The number of hydrogen-bond donors (Lipinski definition) is 0. The molecule has 1 saturated heterocycles. The first kappa shape index (κ1) is 20.2. The van der Waals surface area contributed by atoms with Crippen LogP contribution in [0.2, 0.25) is 0 Å². The van der Waals surface area contributed by atoms with E-state index in [1.54, 1.807) is 0 Å². The average Bonchev–Trinajstić information content (AvgIpc) is 2.64. The quantitative estimate of drug-likeness (QED) is 0.545. The van der Waals surface area contributed by atoms with Gasteiger partial charge in [-0.15, -0.1) is 0 Å². The SMILES string of the molecule is C[C@@H]1CCCN(S(=O)(=O)c2ccc(Oc3ccc(F)c(F)c3)c([N+](=O)[O-])c2)C1. The van der Waals surface area contributed by atoms with E-state index in [4.69, 9.17) is 4.74 Å². The van der Waals surface area contributed by atoms with Gasteiger partial charge in [0.2, 0.25) is 15.8 Å². The summed E-state index contributed by atoms with van der Waals surface area (Å²) in [6, 6.07) is 5.95. The van der Waals surface area contributed by atoms with Crippen LogP contribution in [0.3, 0.4) is 0 Å². The second-order valence-corrected chi connectivity index (χ2v) is 8.61. The maximum Gasteiger partial charge on any atom is 0.312 e. The van der Waals surface area contributed by atoms with Crippen LogP contribution in [0.15, 0.2) is 41.3 Å². The molecule has 0 unspecified atom stereocenters. The molecule has 0 radical (unpaired) electrons. The van der Waals surface area contributed by atoms with Gasteiger partial charge in [0.25, 0.3) is 0 Å². The molecule has 150 valence electrons. The zero-order chi connectivity index (χ0) is 20.5. The van der Waals surface area contributed by atoms with Crippen molar-refractivity contribution in [3.8, 4) is 11.5 Å². The lowest BCUT2D eigenvalue weighted by molar-refractivity contribution is -0.385. The van der Waals surface area contributed by atoms with Gasteiger partial charge >= 0.3 is 5.69 Å². The van der Waals surface area contributed by atoms with Gasteiger partial charge in [-0.1, -0.05) is 6.92 Å². The van der Waals surface area contributed by atoms with Crippen molar-refractivity contribution in [2.45, 2.75) is 24.7 Å². The summed E-state index contributed by atoms with van der Waals surface area (Å²) in [4.78, 5) is 10.4. The van der Waals surface area contributed by atoms with E-state index in [9.17, 15) is 27.3 Å². The molecular weight excluding hydrogens is 394 g/mol. The Balaban J connectivity index is 1.94.